The first-order chi connectivity index (χ1) is 15.1. The van der Waals surface area contributed by atoms with E-state index in [1.165, 1.54) is 10.4 Å². The molecule has 0 saturated carbocycles. The molecule has 7 heteroatoms. The lowest BCUT2D eigenvalue weighted by Gasteiger charge is -2.25. The minimum absolute atomic E-state index is 0.0879. The molecule has 6 nitrogen and oxygen atoms in total. The molecule has 0 spiro atoms. The number of aromatic nitrogens is 2. The van der Waals surface area contributed by atoms with Crippen molar-refractivity contribution in [2.45, 2.75) is 58.1 Å². The average Bonchev–Trinajstić information content (AvgIpc) is 3.54. The number of nitrogens with zero attached hydrogens (tertiary/aromatic N) is 3. The van der Waals surface area contributed by atoms with Gasteiger partial charge in [0.05, 0.1) is 12.6 Å². The van der Waals surface area contributed by atoms with Gasteiger partial charge in [-0.1, -0.05) is 49.3 Å². The van der Waals surface area contributed by atoms with Crippen LogP contribution in [0.4, 0.5) is 0 Å². The van der Waals surface area contributed by atoms with Gasteiger partial charge in [0.15, 0.2) is 0 Å². The first-order valence-electron chi connectivity index (χ1n) is 10.9. The van der Waals surface area contributed by atoms with Crippen LogP contribution in [-0.4, -0.2) is 40.2 Å². The van der Waals surface area contributed by atoms with Gasteiger partial charge in [0.25, 0.3) is 0 Å². The van der Waals surface area contributed by atoms with Crippen LogP contribution in [0, 0.1) is 0 Å². The van der Waals surface area contributed by atoms with Crippen LogP contribution in [0.15, 0.2) is 46.3 Å². The molecule has 1 aromatic carbocycles. The number of thiophene rings is 1. The molecular weight excluding hydrogens is 410 g/mol. The lowest BCUT2D eigenvalue weighted by Crippen LogP contribution is -2.36. The maximum absolute atomic E-state index is 13.0. The summed E-state index contributed by atoms with van der Waals surface area (Å²) in [7, 11) is 0. The predicted octanol–water partition coefficient (Wildman–Crippen LogP) is 5.06. The molecular formula is C24H29N3O3S. The Morgan fingerprint density at radius 1 is 1.26 bits per heavy atom. The fraction of sp³-hybridized carbons (Fsp3) is 0.458. The van der Waals surface area contributed by atoms with Crippen LogP contribution in [0.1, 0.15) is 55.4 Å². The van der Waals surface area contributed by atoms with Crippen molar-refractivity contribution in [2.24, 2.45) is 0 Å². The largest absolute Gasteiger partial charge is 0.376 e. The molecule has 1 amide bonds. The van der Waals surface area contributed by atoms with Crippen LogP contribution in [0.25, 0.3) is 11.4 Å². The average molecular weight is 440 g/mol. The van der Waals surface area contributed by atoms with Crippen LogP contribution < -0.4 is 0 Å². The molecule has 3 heterocycles. The maximum Gasteiger partial charge on any atom is 0.227 e. The van der Waals surface area contributed by atoms with Crippen molar-refractivity contribution >= 4 is 17.2 Å². The summed E-state index contributed by atoms with van der Waals surface area (Å²) in [5.41, 5.74) is 2.19. The normalized spacial score (nSPS) is 16.2. The van der Waals surface area contributed by atoms with E-state index >= 15 is 0 Å². The van der Waals surface area contributed by atoms with E-state index < -0.39 is 0 Å². The zero-order valence-corrected chi connectivity index (χ0v) is 18.9. The number of hydrogen-bond donors (Lipinski definition) is 0. The number of hydrogen-bond acceptors (Lipinski definition) is 6. The summed E-state index contributed by atoms with van der Waals surface area (Å²) in [6.07, 6.45) is 2.98. The Kier molecular flexibility index (Phi) is 7.14. The van der Waals surface area contributed by atoms with Gasteiger partial charge in [0.1, 0.15) is 0 Å². The summed E-state index contributed by atoms with van der Waals surface area (Å²) in [5.74, 6) is 1.62. The van der Waals surface area contributed by atoms with Gasteiger partial charge in [-0.3, -0.25) is 4.79 Å². The standard InChI is InChI=1S/C24H29N3O3S/c1-17(2)18-7-9-19(10-8-18)24-25-22(30-26-24)11-12-23(28)27(15-20-5-3-13-29-20)16-21-6-4-14-31-21/h4,6-10,14,17,20H,3,5,11-13,15-16H2,1-2H3. The topological polar surface area (TPSA) is 68.5 Å². The SMILES string of the molecule is CC(C)c1ccc(-c2noc(CCC(=O)N(Cc3cccs3)CC3CCCO3)n2)cc1. The monoisotopic (exact) mass is 439 g/mol. The second-order valence-electron chi connectivity index (χ2n) is 8.28. The highest BCUT2D eigenvalue weighted by molar-refractivity contribution is 7.09. The molecule has 1 atom stereocenters. The third-order valence-corrected chi connectivity index (χ3v) is 6.45. The molecule has 1 fully saturated rings. The second-order valence-corrected chi connectivity index (χ2v) is 9.31. The third-order valence-electron chi connectivity index (χ3n) is 5.58. The maximum atomic E-state index is 13.0. The van der Waals surface area contributed by atoms with Crippen molar-refractivity contribution in [1.82, 2.24) is 15.0 Å². The van der Waals surface area contributed by atoms with Crippen molar-refractivity contribution < 1.29 is 14.1 Å². The van der Waals surface area contributed by atoms with Crippen LogP contribution in [0.3, 0.4) is 0 Å². The molecule has 164 valence electrons. The van der Waals surface area contributed by atoms with Crippen molar-refractivity contribution in [3.63, 3.8) is 0 Å². The third kappa shape index (κ3) is 5.80. The second kappa shape index (κ2) is 10.2. The van der Waals surface area contributed by atoms with E-state index in [1.807, 2.05) is 28.5 Å². The number of amides is 1. The lowest BCUT2D eigenvalue weighted by molar-refractivity contribution is -0.133. The molecule has 4 rings (SSSR count). The van der Waals surface area contributed by atoms with Crippen molar-refractivity contribution in [2.75, 3.05) is 13.2 Å². The zero-order chi connectivity index (χ0) is 21.6. The number of ether oxygens (including phenoxy) is 1. The van der Waals surface area contributed by atoms with Crippen LogP contribution >= 0.6 is 11.3 Å². The molecule has 1 unspecified atom stereocenters. The predicted molar refractivity (Wildman–Crippen MR) is 121 cm³/mol. The van der Waals surface area contributed by atoms with E-state index in [-0.39, 0.29) is 12.0 Å². The molecule has 1 aliphatic heterocycles. The summed E-state index contributed by atoms with van der Waals surface area (Å²) >= 11 is 1.67. The van der Waals surface area contributed by atoms with Crippen LogP contribution in [0.5, 0.6) is 0 Å². The van der Waals surface area contributed by atoms with E-state index in [4.69, 9.17) is 9.26 Å². The molecule has 0 N–H and O–H groups in total. The fourth-order valence-electron chi connectivity index (χ4n) is 3.74. The number of carbonyl (C=O) groups is 1. The molecule has 2 aromatic heterocycles. The Hall–Kier alpha value is -2.51. The highest BCUT2D eigenvalue weighted by atomic mass is 32.1. The lowest BCUT2D eigenvalue weighted by atomic mass is 10.0. The number of carbonyl (C=O) groups excluding carboxylic acids is 1. The van der Waals surface area contributed by atoms with Crippen molar-refractivity contribution in [3.05, 3.63) is 58.1 Å². The first kappa shape index (κ1) is 21.7. The van der Waals surface area contributed by atoms with Gasteiger partial charge in [-0.05, 0) is 35.8 Å². The highest BCUT2D eigenvalue weighted by Crippen LogP contribution is 2.22. The van der Waals surface area contributed by atoms with Gasteiger partial charge in [-0.25, -0.2) is 0 Å². The molecule has 1 saturated heterocycles. The van der Waals surface area contributed by atoms with Gasteiger partial charge in [-0.15, -0.1) is 11.3 Å². The molecule has 0 bridgehead atoms. The summed E-state index contributed by atoms with van der Waals surface area (Å²) < 4.78 is 11.2. The minimum Gasteiger partial charge on any atom is -0.376 e. The Morgan fingerprint density at radius 2 is 2.10 bits per heavy atom. The van der Waals surface area contributed by atoms with Gasteiger partial charge < -0.3 is 14.2 Å². The van der Waals surface area contributed by atoms with E-state index in [9.17, 15) is 4.79 Å². The van der Waals surface area contributed by atoms with Gasteiger partial charge >= 0.3 is 0 Å². The number of aryl methyl sites for hydroxylation is 1. The summed E-state index contributed by atoms with van der Waals surface area (Å²) in [4.78, 5) is 20.6. The summed E-state index contributed by atoms with van der Waals surface area (Å²) in [5, 5.41) is 6.14. The highest BCUT2D eigenvalue weighted by Gasteiger charge is 2.23. The van der Waals surface area contributed by atoms with Crippen LogP contribution in [0.2, 0.25) is 0 Å². The van der Waals surface area contributed by atoms with Crippen LogP contribution in [-0.2, 0) is 22.5 Å². The van der Waals surface area contributed by atoms with E-state index in [2.05, 4.69) is 42.2 Å². The molecule has 0 aliphatic carbocycles. The number of benzene rings is 1. The summed E-state index contributed by atoms with van der Waals surface area (Å²) in [6, 6.07) is 12.3. The zero-order valence-electron chi connectivity index (χ0n) is 18.1. The van der Waals surface area contributed by atoms with Gasteiger partial charge in [-0.2, -0.15) is 4.98 Å². The fourth-order valence-corrected chi connectivity index (χ4v) is 4.46. The Labute approximate surface area is 187 Å². The molecule has 0 radical (unpaired) electrons. The Bertz CT molecular complexity index is 960. The van der Waals surface area contributed by atoms with E-state index in [1.54, 1.807) is 11.3 Å². The molecule has 31 heavy (non-hydrogen) atoms. The smallest absolute Gasteiger partial charge is 0.227 e. The molecule has 3 aromatic rings. The quantitative estimate of drug-likeness (QED) is 0.466. The van der Waals surface area contributed by atoms with E-state index in [0.29, 0.717) is 43.6 Å². The summed E-state index contributed by atoms with van der Waals surface area (Å²) in [6.45, 7) is 6.37. The first-order valence-corrected chi connectivity index (χ1v) is 11.8. The Balaban J connectivity index is 1.36. The van der Waals surface area contributed by atoms with Crippen molar-refractivity contribution in [1.29, 1.82) is 0 Å². The van der Waals surface area contributed by atoms with Gasteiger partial charge in [0.2, 0.25) is 17.6 Å². The minimum atomic E-state index is 0.0879. The van der Waals surface area contributed by atoms with E-state index in [0.717, 1.165) is 25.0 Å². The van der Waals surface area contributed by atoms with Gasteiger partial charge in [0, 0.05) is 36.4 Å². The van der Waals surface area contributed by atoms with Crippen molar-refractivity contribution in [3.8, 4) is 11.4 Å². The Morgan fingerprint density at radius 3 is 2.77 bits per heavy atom. The number of rotatable bonds is 9. The molecule has 1 aliphatic rings.